The Balaban J connectivity index is 3.72. The van der Waals surface area contributed by atoms with Gasteiger partial charge in [0.1, 0.15) is 5.78 Å². The maximum absolute atomic E-state index is 10.6. The van der Waals surface area contributed by atoms with Gasteiger partial charge in [0.05, 0.1) is 12.6 Å². The molecule has 11 heavy (non-hydrogen) atoms. The number of carbonyl (C=O) groups excluding carboxylic acids is 1. The monoisotopic (exact) mass is 157 g/mol. The molecule has 0 fully saturated rings. The predicted octanol–water partition coefficient (Wildman–Crippen LogP) is 0.807. The van der Waals surface area contributed by atoms with Gasteiger partial charge in [0.15, 0.2) is 0 Å². The Hall–Kier alpha value is -0.700. The fourth-order valence-electron chi connectivity index (χ4n) is 0.704. The van der Waals surface area contributed by atoms with Crippen LogP contribution in [0.15, 0.2) is 4.99 Å². The number of carbonyl (C=O) groups is 1. The summed E-state index contributed by atoms with van der Waals surface area (Å²) in [4.78, 5) is 14.6. The highest BCUT2D eigenvalue weighted by molar-refractivity contribution is 5.99. The van der Waals surface area contributed by atoms with E-state index in [-0.39, 0.29) is 5.78 Å². The van der Waals surface area contributed by atoms with Crippen molar-refractivity contribution in [1.82, 2.24) is 0 Å². The van der Waals surface area contributed by atoms with Gasteiger partial charge in [-0.3, -0.25) is 9.79 Å². The van der Waals surface area contributed by atoms with Crippen molar-refractivity contribution in [2.75, 3.05) is 6.54 Å². The largest absolute Gasteiger partial charge is 0.391 e. The van der Waals surface area contributed by atoms with E-state index in [1.807, 2.05) is 0 Å². The molecule has 0 radical (unpaired) electrons. The SMILES string of the molecule is CC(=O)CC(C)=NCC(C)O. The van der Waals surface area contributed by atoms with Gasteiger partial charge in [-0.15, -0.1) is 0 Å². The number of Topliss-reactive ketones (excluding diaryl/α,β-unsaturated/α-hetero) is 1. The first-order chi connectivity index (χ1) is 5.02. The summed E-state index contributed by atoms with van der Waals surface area (Å²) >= 11 is 0. The van der Waals surface area contributed by atoms with E-state index in [1.165, 1.54) is 6.92 Å². The van der Waals surface area contributed by atoms with Crippen LogP contribution in [0, 0.1) is 0 Å². The number of hydrogen-bond donors (Lipinski definition) is 1. The van der Waals surface area contributed by atoms with E-state index in [2.05, 4.69) is 4.99 Å². The van der Waals surface area contributed by atoms with Crippen LogP contribution in [0.2, 0.25) is 0 Å². The lowest BCUT2D eigenvalue weighted by Crippen LogP contribution is -2.08. The molecule has 0 aliphatic carbocycles. The Morgan fingerprint density at radius 1 is 1.55 bits per heavy atom. The van der Waals surface area contributed by atoms with Crippen molar-refractivity contribution < 1.29 is 9.90 Å². The first-order valence-corrected chi connectivity index (χ1v) is 3.69. The smallest absolute Gasteiger partial charge is 0.135 e. The third-order valence-corrected chi connectivity index (χ3v) is 1.13. The van der Waals surface area contributed by atoms with Gasteiger partial charge >= 0.3 is 0 Å². The van der Waals surface area contributed by atoms with Crippen LogP contribution in [-0.2, 0) is 4.79 Å². The minimum atomic E-state index is -0.420. The zero-order chi connectivity index (χ0) is 8.85. The molecule has 0 aliphatic heterocycles. The number of aliphatic hydroxyl groups excluding tert-OH is 1. The van der Waals surface area contributed by atoms with Gasteiger partial charge in [-0.1, -0.05) is 0 Å². The van der Waals surface area contributed by atoms with Crippen LogP contribution in [0.4, 0.5) is 0 Å². The summed E-state index contributed by atoms with van der Waals surface area (Å²) in [5, 5.41) is 8.84. The number of hydrogen-bond acceptors (Lipinski definition) is 3. The van der Waals surface area contributed by atoms with Gasteiger partial charge < -0.3 is 5.11 Å². The quantitative estimate of drug-likeness (QED) is 0.614. The first kappa shape index (κ1) is 10.3. The van der Waals surface area contributed by atoms with E-state index in [0.29, 0.717) is 13.0 Å². The molecule has 0 amide bonds. The van der Waals surface area contributed by atoms with E-state index in [0.717, 1.165) is 5.71 Å². The number of aliphatic hydroxyl groups is 1. The highest BCUT2D eigenvalue weighted by atomic mass is 16.3. The van der Waals surface area contributed by atoms with Gasteiger partial charge in [0, 0.05) is 12.1 Å². The molecule has 0 saturated heterocycles. The average molecular weight is 157 g/mol. The summed E-state index contributed by atoms with van der Waals surface area (Å²) in [6.45, 7) is 5.38. The maximum Gasteiger partial charge on any atom is 0.135 e. The lowest BCUT2D eigenvalue weighted by molar-refractivity contribution is -0.115. The Morgan fingerprint density at radius 3 is 2.45 bits per heavy atom. The van der Waals surface area contributed by atoms with Crippen LogP contribution in [-0.4, -0.2) is 29.3 Å². The second kappa shape index (κ2) is 5.02. The molecule has 1 atom stereocenters. The summed E-state index contributed by atoms with van der Waals surface area (Å²) in [7, 11) is 0. The zero-order valence-electron chi connectivity index (χ0n) is 7.29. The van der Waals surface area contributed by atoms with Crippen LogP contribution in [0.5, 0.6) is 0 Å². The Bertz CT molecular complexity index is 161. The van der Waals surface area contributed by atoms with Crippen molar-refractivity contribution in [2.45, 2.75) is 33.3 Å². The maximum atomic E-state index is 10.6. The Kier molecular flexibility index (Phi) is 4.70. The number of rotatable bonds is 4. The third-order valence-electron chi connectivity index (χ3n) is 1.13. The van der Waals surface area contributed by atoms with E-state index >= 15 is 0 Å². The summed E-state index contributed by atoms with van der Waals surface area (Å²) in [6.07, 6.45) is -0.0240. The third kappa shape index (κ3) is 7.19. The fourth-order valence-corrected chi connectivity index (χ4v) is 0.704. The van der Waals surface area contributed by atoms with Crippen molar-refractivity contribution in [1.29, 1.82) is 0 Å². The zero-order valence-corrected chi connectivity index (χ0v) is 7.29. The molecule has 64 valence electrons. The summed E-state index contributed by atoms with van der Waals surface area (Å²) in [5.41, 5.74) is 0.790. The number of ketones is 1. The molecule has 3 nitrogen and oxygen atoms in total. The molecule has 0 heterocycles. The Morgan fingerprint density at radius 2 is 2.09 bits per heavy atom. The molecule has 0 aromatic rings. The minimum absolute atomic E-state index is 0.108. The molecular weight excluding hydrogens is 142 g/mol. The van der Waals surface area contributed by atoms with Crippen molar-refractivity contribution in [3.05, 3.63) is 0 Å². The van der Waals surface area contributed by atoms with E-state index < -0.39 is 6.10 Å². The van der Waals surface area contributed by atoms with Crippen molar-refractivity contribution in [3.8, 4) is 0 Å². The molecule has 0 aromatic carbocycles. The first-order valence-electron chi connectivity index (χ1n) is 3.69. The van der Waals surface area contributed by atoms with Gasteiger partial charge in [-0.25, -0.2) is 0 Å². The highest BCUT2D eigenvalue weighted by Gasteiger charge is 1.97. The average Bonchev–Trinajstić information content (AvgIpc) is 1.82. The molecule has 0 aliphatic rings. The summed E-state index contributed by atoms with van der Waals surface area (Å²) in [6, 6.07) is 0. The normalized spacial score (nSPS) is 14.7. The molecule has 3 heteroatoms. The van der Waals surface area contributed by atoms with Crippen LogP contribution in [0.3, 0.4) is 0 Å². The fraction of sp³-hybridized carbons (Fsp3) is 0.750. The van der Waals surface area contributed by atoms with Crippen molar-refractivity contribution in [2.24, 2.45) is 4.99 Å². The van der Waals surface area contributed by atoms with E-state index in [1.54, 1.807) is 13.8 Å². The number of nitrogens with zero attached hydrogens (tertiary/aromatic N) is 1. The molecule has 1 unspecified atom stereocenters. The van der Waals surface area contributed by atoms with Crippen molar-refractivity contribution in [3.63, 3.8) is 0 Å². The van der Waals surface area contributed by atoms with Gasteiger partial charge in [-0.05, 0) is 20.8 Å². The minimum Gasteiger partial charge on any atom is -0.391 e. The van der Waals surface area contributed by atoms with Crippen LogP contribution < -0.4 is 0 Å². The predicted molar refractivity (Wildman–Crippen MR) is 45.0 cm³/mol. The van der Waals surface area contributed by atoms with Gasteiger partial charge in [-0.2, -0.15) is 0 Å². The van der Waals surface area contributed by atoms with Gasteiger partial charge in [0.2, 0.25) is 0 Å². The molecule has 0 spiro atoms. The molecule has 0 rings (SSSR count). The molecule has 0 aromatic heterocycles. The summed E-state index contributed by atoms with van der Waals surface area (Å²) < 4.78 is 0. The van der Waals surface area contributed by atoms with Gasteiger partial charge in [0.25, 0.3) is 0 Å². The highest BCUT2D eigenvalue weighted by Crippen LogP contribution is 1.90. The van der Waals surface area contributed by atoms with E-state index in [9.17, 15) is 4.79 Å². The number of aliphatic imine (C=N–C) groups is 1. The van der Waals surface area contributed by atoms with Crippen LogP contribution in [0.25, 0.3) is 0 Å². The molecule has 0 bridgehead atoms. The summed E-state index contributed by atoms with van der Waals surface area (Å²) in [5.74, 6) is 0.108. The lowest BCUT2D eigenvalue weighted by atomic mass is 10.2. The van der Waals surface area contributed by atoms with Crippen LogP contribution >= 0.6 is 0 Å². The lowest BCUT2D eigenvalue weighted by Gasteiger charge is -1.99. The Labute approximate surface area is 67.1 Å². The van der Waals surface area contributed by atoms with Crippen LogP contribution in [0.1, 0.15) is 27.2 Å². The molecular formula is C8H15NO2. The second-order valence-corrected chi connectivity index (χ2v) is 2.80. The molecule has 1 N–H and O–H groups in total. The standard InChI is InChI=1S/C8H15NO2/c1-6(4-7(2)10)9-5-8(3)11/h8,11H,4-5H2,1-3H3. The van der Waals surface area contributed by atoms with E-state index in [4.69, 9.17) is 5.11 Å². The molecule has 0 saturated carbocycles. The van der Waals surface area contributed by atoms with Crippen molar-refractivity contribution >= 4 is 11.5 Å². The second-order valence-electron chi connectivity index (χ2n) is 2.80. The topological polar surface area (TPSA) is 49.7 Å².